The lowest BCUT2D eigenvalue weighted by Crippen LogP contribution is -2.23. The molecule has 1 N–H and O–H groups in total. The molecule has 3 heteroatoms. The third-order valence-electron chi connectivity index (χ3n) is 3.93. The molecule has 0 amide bonds. The highest BCUT2D eigenvalue weighted by molar-refractivity contribution is 5.85. The van der Waals surface area contributed by atoms with Crippen LogP contribution in [-0.4, -0.2) is 16.9 Å². The monoisotopic (exact) mass is 260 g/mol. The predicted octanol–water partition coefficient (Wildman–Crippen LogP) is 3.08. The summed E-state index contributed by atoms with van der Waals surface area (Å²) < 4.78 is 0. The number of rotatable bonds is 6. The number of aliphatic carboxylic acids is 1. The second-order valence-electron chi connectivity index (χ2n) is 5.38. The van der Waals surface area contributed by atoms with Gasteiger partial charge >= 0.3 is 5.97 Å². The van der Waals surface area contributed by atoms with Crippen molar-refractivity contribution in [2.45, 2.75) is 38.5 Å². The van der Waals surface area contributed by atoms with Gasteiger partial charge in [-0.1, -0.05) is 43.2 Å². The molecule has 0 bridgehead atoms. The summed E-state index contributed by atoms with van der Waals surface area (Å²) in [6.45, 7) is 0. The van der Waals surface area contributed by atoms with Crippen LogP contribution in [0.1, 0.15) is 37.7 Å². The number of Topliss-reactive ketones (excluding diaryl/α,β-unsaturated/α-hetero) is 1. The van der Waals surface area contributed by atoms with Crippen molar-refractivity contribution < 1.29 is 14.7 Å². The van der Waals surface area contributed by atoms with Gasteiger partial charge in [0.2, 0.25) is 0 Å². The Hall–Kier alpha value is -1.64. The Morgan fingerprint density at radius 2 is 1.79 bits per heavy atom. The zero-order chi connectivity index (χ0) is 13.7. The minimum atomic E-state index is -0.866. The summed E-state index contributed by atoms with van der Waals surface area (Å²) in [7, 11) is 0. The SMILES string of the molecule is O=C(O)C(CC(=O)C1CCCC1)Cc1ccccc1. The van der Waals surface area contributed by atoms with Crippen molar-refractivity contribution in [2.75, 3.05) is 0 Å². The molecule has 19 heavy (non-hydrogen) atoms. The number of hydrogen-bond acceptors (Lipinski definition) is 2. The van der Waals surface area contributed by atoms with Gasteiger partial charge in [-0.05, 0) is 24.8 Å². The maximum Gasteiger partial charge on any atom is 0.307 e. The van der Waals surface area contributed by atoms with E-state index in [0.29, 0.717) is 6.42 Å². The van der Waals surface area contributed by atoms with Crippen LogP contribution in [0.3, 0.4) is 0 Å². The first kappa shape index (κ1) is 13.8. The molecule has 1 aliphatic carbocycles. The maximum absolute atomic E-state index is 12.1. The third kappa shape index (κ3) is 3.91. The minimum absolute atomic E-state index is 0.109. The van der Waals surface area contributed by atoms with Crippen LogP contribution in [0, 0.1) is 11.8 Å². The summed E-state index contributed by atoms with van der Waals surface area (Å²) in [5.41, 5.74) is 0.981. The van der Waals surface area contributed by atoms with E-state index >= 15 is 0 Å². The van der Waals surface area contributed by atoms with Crippen molar-refractivity contribution in [3.63, 3.8) is 0 Å². The summed E-state index contributed by atoms with van der Waals surface area (Å²) in [5.74, 6) is -1.20. The van der Waals surface area contributed by atoms with Crippen molar-refractivity contribution in [1.29, 1.82) is 0 Å². The number of carbonyl (C=O) groups excluding carboxylic acids is 1. The summed E-state index contributed by atoms with van der Waals surface area (Å²) >= 11 is 0. The molecule has 0 spiro atoms. The van der Waals surface area contributed by atoms with Gasteiger partial charge < -0.3 is 5.11 Å². The molecule has 3 nitrogen and oxygen atoms in total. The van der Waals surface area contributed by atoms with Gasteiger partial charge in [-0.25, -0.2) is 0 Å². The van der Waals surface area contributed by atoms with Gasteiger partial charge in [0.05, 0.1) is 5.92 Å². The van der Waals surface area contributed by atoms with E-state index < -0.39 is 11.9 Å². The topological polar surface area (TPSA) is 54.4 Å². The first-order valence-corrected chi connectivity index (χ1v) is 6.96. The molecule has 1 unspecified atom stereocenters. The lowest BCUT2D eigenvalue weighted by Gasteiger charge is -2.14. The number of carboxylic acid groups (broad SMARTS) is 1. The van der Waals surface area contributed by atoms with Crippen LogP contribution in [0.15, 0.2) is 30.3 Å². The van der Waals surface area contributed by atoms with Crippen LogP contribution in [-0.2, 0) is 16.0 Å². The third-order valence-corrected chi connectivity index (χ3v) is 3.93. The van der Waals surface area contributed by atoms with Crippen LogP contribution in [0.4, 0.5) is 0 Å². The van der Waals surface area contributed by atoms with Gasteiger partial charge in [0.1, 0.15) is 5.78 Å². The molecule has 1 aromatic carbocycles. The molecule has 0 aliphatic heterocycles. The van der Waals surface area contributed by atoms with Crippen molar-refractivity contribution in [2.24, 2.45) is 11.8 Å². The van der Waals surface area contributed by atoms with Crippen molar-refractivity contribution in [1.82, 2.24) is 0 Å². The maximum atomic E-state index is 12.1. The highest BCUT2D eigenvalue weighted by Gasteiger charge is 2.28. The van der Waals surface area contributed by atoms with E-state index in [-0.39, 0.29) is 18.1 Å². The Bertz CT molecular complexity index is 433. The highest BCUT2D eigenvalue weighted by atomic mass is 16.4. The fraction of sp³-hybridized carbons (Fsp3) is 0.500. The van der Waals surface area contributed by atoms with Gasteiger partial charge in [-0.2, -0.15) is 0 Å². The molecular weight excluding hydrogens is 240 g/mol. The predicted molar refractivity (Wildman–Crippen MR) is 72.9 cm³/mol. The van der Waals surface area contributed by atoms with Gasteiger partial charge in [0.25, 0.3) is 0 Å². The fourth-order valence-corrected chi connectivity index (χ4v) is 2.80. The van der Waals surface area contributed by atoms with Crippen LogP contribution >= 0.6 is 0 Å². The van der Waals surface area contributed by atoms with Crippen LogP contribution in [0.5, 0.6) is 0 Å². The minimum Gasteiger partial charge on any atom is -0.481 e. The summed E-state index contributed by atoms with van der Waals surface area (Å²) in [5, 5.41) is 9.27. The molecule has 1 fully saturated rings. The Kier molecular flexibility index (Phi) is 4.72. The van der Waals surface area contributed by atoms with E-state index in [0.717, 1.165) is 31.2 Å². The Labute approximate surface area is 113 Å². The molecule has 0 aromatic heterocycles. The van der Waals surface area contributed by atoms with Crippen molar-refractivity contribution in [3.8, 4) is 0 Å². The number of carbonyl (C=O) groups is 2. The Morgan fingerprint density at radius 1 is 1.16 bits per heavy atom. The molecule has 2 rings (SSSR count). The van der Waals surface area contributed by atoms with Crippen molar-refractivity contribution >= 4 is 11.8 Å². The molecule has 1 aliphatic rings. The molecule has 1 atom stereocenters. The normalized spacial score (nSPS) is 17.3. The second-order valence-corrected chi connectivity index (χ2v) is 5.38. The van der Waals surface area contributed by atoms with Crippen LogP contribution < -0.4 is 0 Å². The van der Waals surface area contributed by atoms with Crippen molar-refractivity contribution in [3.05, 3.63) is 35.9 Å². The van der Waals surface area contributed by atoms with Crippen LogP contribution in [0.25, 0.3) is 0 Å². The molecule has 102 valence electrons. The smallest absolute Gasteiger partial charge is 0.307 e. The zero-order valence-electron chi connectivity index (χ0n) is 11.0. The zero-order valence-corrected chi connectivity index (χ0v) is 11.0. The molecule has 1 aromatic rings. The molecule has 0 radical (unpaired) electrons. The Balaban J connectivity index is 1.96. The van der Waals surface area contributed by atoms with E-state index in [2.05, 4.69) is 0 Å². The standard InChI is InChI=1S/C16H20O3/c17-15(13-8-4-5-9-13)11-14(16(18)19)10-12-6-2-1-3-7-12/h1-3,6-7,13-14H,4-5,8-11H2,(H,18,19). The lowest BCUT2D eigenvalue weighted by atomic mass is 9.89. The molecule has 0 saturated heterocycles. The van der Waals surface area contributed by atoms with E-state index in [4.69, 9.17) is 0 Å². The average molecular weight is 260 g/mol. The number of benzene rings is 1. The van der Waals surface area contributed by atoms with Gasteiger partial charge in [-0.3, -0.25) is 9.59 Å². The molecule has 1 saturated carbocycles. The molecular formula is C16H20O3. The number of ketones is 1. The lowest BCUT2D eigenvalue weighted by molar-refractivity contribution is -0.144. The number of carboxylic acids is 1. The average Bonchev–Trinajstić information content (AvgIpc) is 2.93. The van der Waals surface area contributed by atoms with E-state index in [1.807, 2.05) is 30.3 Å². The van der Waals surface area contributed by atoms with E-state index in [1.165, 1.54) is 0 Å². The van der Waals surface area contributed by atoms with Crippen LogP contribution in [0.2, 0.25) is 0 Å². The Morgan fingerprint density at radius 3 is 2.37 bits per heavy atom. The quantitative estimate of drug-likeness (QED) is 0.855. The summed E-state index contributed by atoms with van der Waals surface area (Å²) in [4.78, 5) is 23.4. The summed E-state index contributed by atoms with van der Waals surface area (Å²) in [6, 6.07) is 9.52. The fourth-order valence-electron chi connectivity index (χ4n) is 2.80. The van der Waals surface area contributed by atoms with E-state index in [9.17, 15) is 14.7 Å². The van der Waals surface area contributed by atoms with Gasteiger partial charge in [0, 0.05) is 12.3 Å². The number of hydrogen-bond donors (Lipinski definition) is 1. The van der Waals surface area contributed by atoms with Gasteiger partial charge in [0.15, 0.2) is 0 Å². The molecule has 0 heterocycles. The first-order valence-electron chi connectivity index (χ1n) is 6.96. The first-order chi connectivity index (χ1) is 9.16. The second kappa shape index (κ2) is 6.50. The largest absolute Gasteiger partial charge is 0.481 e. The summed E-state index contributed by atoms with van der Waals surface area (Å²) in [6.07, 6.45) is 4.70. The van der Waals surface area contributed by atoms with E-state index in [1.54, 1.807) is 0 Å². The van der Waals surface area contributed by atoms with Gasteiger partial charge in [-0.15, -0.1) is 0 Å². The highest BCUT2D eigenvalue weighted by Crippen LogP contribution is 2.28.